The summed E-state index contributed by atoms with van der Waals surface area (Å²) < 4.78 is 0. The zero-order chi connectivity index (χ0) is 16.2. The molecule has 4 nitrogen and oxygen atoms in total. The predicted octanol–water partition coefficient (Wildman–Crippen LogP) is 4.09. The summed E-state index contributed by atoms with van der Waals surface area (Å²) in [4.78, 5) is 19.2. The Morgan fingerprint density at radius 1 is 1.36 bits per heavy atom. The number of thiazole rings is 1. The molecule has 1 amide bonds. The minimum Gasteiger partial charge on any atom is -0.342 e. The van der Waals surface area contributed by atoms with E-state index in [9.17, 15) is 4.79 Å². The first-order valence-corrected chi connectivity index (χ1v) is 9.02. The van der Waals surface area contributed by atoms with Gasteiger partial charge in [0.2, 0.25) is 5.91 Å². The number of rotatable bonds is 4. The average Bonchev–Trinajstić information content (AvgIpc) is 3.02. The highest BCUT2D eigenvalue weighted by Crippen LogP contribution is 2.30. The van der Waals surface area contributed by atoms with Gasteiger partial charge in [-0.25, -0.2) is 4.98 Å². The smallest absolute Gasteiger partial charge is 0.224 e. The lowest BCUT2D eigenvalue weighted by Crippen LogP contribution is -2.40. The monoisotopic (exact) mass is 401 g/mol. The SMILES string of the molecule is Cc1csc(C2CCCN(C(=O)CC(N)c3ccccc3)C2)n1.Cl.Cl. The second-order valence-corrected chi connectivity index (χ2v) is 7.12. The number of carbonyl (C=O) groups is 1. The van der Waals surface area contributed by atoms with Gasteiger partial charge in [-0.2, -0.15) is 0 Å². The van der Waals surface area contributed by atoms with E-state index in [2.05, 4.69) is 10.4 Å². The van der Waals surface area contributed by atoms with E-state index in [-0.39, 0.29) is 36.8 Å². The third-order valence-electron chi connectivity index (χ3n) is 4.38. The Bertz CT molecular complexity index is 665. The summed E-state index contributed by atoms with van der Waals surface area (Å²) in [6.07, 6.45) is 2.52. The van der Waals surface area contributed by atoms with Crippen LogP contribution in [-0.2, 0) is 4.79 Å². The van der Waals surface area contributed by atoms with Crippen molar-refractivity contribution in [1.29, 1.82) is 0 Å². The molecule has 3 rings (SSSR count). The lowest BCUT2D eigenvalue weighted by Gasteiger charge is -2.32. The van der Waals surface area contributed by atoms with E-state index >= 15 is 0 Å². The maximum atomic E-state index is 12.6. The van der Waals surface area contributed by atoms with Crippen LogP contribution in [0.4, 0.5) is 0 Å². The first-order chi connectivity index (χ1) is 11.1. The molecule has 2 unspecified atom stereocenters. The van der Waals surface area contributed by atoms with Crippen LogP contribution in [0.15, 0.2) is 35.7 Å². The van der Waals surface area contributed by atoms with E-state index in [0.717, 1.165) is 42.2 Å². The summed E-state index contributed by atoms with van der Waals surface area (Å²) >= 11 is 1.71. The minimum absolute atomic E-state index is 0. The molecule has 138 valence electrons. The largest absolute Gasteiger partial charge is 0.342 e. The second kappa shape index (κ2) is 10.1. The average molecular weight is 402 g/mol. The molecule has 1 aromatic carbocycles. The Balaban J connectivity index is 0.00000156. The summed E-state index contributed by atoms with van der Waals surface area (Å²) in [6, 6.07) is 9.61. The van der Waals surface area contributed by atoms with Crippen molar-refractivity contribution in [2.75, 3.05) is 13.1 Å². The number of carbonyl (C=O) groups excluding carboxylic acids is 1. The van der Waals surface area contributed by atoms with E-state index in [4.69, 9.17) is 5.73 Å². The highest BCUT2D eigenvalue weighted by Gasteiger charge is 2.27. The zero-order valence-corrected chi connectivity index (χ0v) is 16.7. The molecule has 2 aromatic rings. The van der Waals surface area contributed by atoms with Gasteiger partial charge in [0, 0.05) is 42.5 Å². The van der Waals surface area contributed by atoms with Crippen LogP contribution in [0.1, 0.15) is 47.5 Å². The number of benzene rings is 1. The third-order valence-corrected chi connectivity index (χ3v) is 5.51. The summed E-state index contributed by atoms with van der Waals surface area (Å²) in [5, 5.41) is 3.24. The molecular formula is C18H25Cl2N3OS. The van der Waals surface area contributed by atoms with Gasteiger partial charge in [0.1, 0.15) is 0 Å². The molecular weight excluding hydrogens is 377 g/mol. The second-order valence-electron chi connectivity index (χ2n) is 6.23. The quantitative estimate of drug-likeness (QED) is 0.838. The molecule has 0 spiro atoms. The highest BCUT2D eigenvalue weighted by atomic mass is 35.5. The van der Waals surface area contributed by atoms with Crippen molar-refractivity contribution in [2.45, 2.75) is 38.1 Å². The van der Waals surface area contributed by atoms with Crippen LogP contribution in [0.5, 0.6) is 0 Å². The van der Waals surface area contributed by atoms with Gasteiger partial charge in [0.25, 0.3) is 0 Å². The standard InChI is InChI=1S/C18H23N3OS.2ClH/c1-13-12-23-18(20-13)15-8-5-9-21(11-15)17(22)10-16(19)14-6-3-2-4-7-14;;/h2-4,6-7,12,15-16H,5,8-11,19H2,1H3;2*1H. The van der Waals surface area contributed by atoms with Gasteiger partial charge in [-0.3, -0.25) is 4.79 Å². The molecule has 1 aliphatic rings. The van der Waals surface area contributed by atoms with Gasteiger partial charge in [-0.1, -0.05) is 30.3 Å². The van der Waals surface area contributed by atoms with E-state index in [1.54, 1.807) is 11.3 Å². The van der Waals surface area contributed by atoms with Crippen LogP contribution in [0.25, 0.3) is 0 Å². The Morgan fingerprint density at radius 3 is 2.72 bits per heavy atom. The maximum Gasteiger partial charge on any atom is 0.224 e. The Kier molecular flexibility index (Phi) is 8.86. The van der Waals surface area contributed by atoms with Crippen molar-refractivity contribution in [2.24, 2.45) is 5.73 Å². The molecule has 25 heavy (non-hydrogen) atoms. The summed E-state index contributed by atoms with van der Waals surface area (Å²) in [5.74, 6) is 0.527. The summed E-state index contributed by atoms with van der Waals surface area (Å²) in [7, 11) is 0. The normalized spacial score (nSPS) is 18.0. The van der Waals surface area contributed by atoms with Crippen LogP contribution in [0, 0.1) is 6.92 Å². The molecule has 0 saturated carbocycles. The molecule has 2 atom stereocenters. The van der Waals surface area contributed by atoms with E-state index in [0.29, 0.717) is 12.3 Å². The maximum absolute atomic E-state index is 12.6. The number of likely N-dealkylation sites (tertiary alicyclic amines) is 1. The molecule has 1 aliphatic heterocycles. The lowest BCUT2D eigenvalue weighted by atomic mass is 9.97. The van der Waals surface area contributed by atoms with Gasteiger partial charge < -0.3 is 10.6 Å². The first-order valence-electron chi connectivity index (χ1n) is 8.14. The molecule has 7 heteroatoms. The number of halogens is 2. The topological polar surface area (TPSA) is 59.2 Å². The van der Waals surface area contributed by atoms with Crippen LogP contribution < -0.4 is 5.73 Å². The summed E-state index contributed by atoms with van der Waals surface area (Å²) in [5.41, 5.74) is 8.28. The Labute approximate surface area is 165 Å². The lowest BCUT2D eigenvalue weighted by molar-refractivity contribution is -0.132. The molecule has 1 saturated heterocycles. The number of piperidine rings is 1. The predicted molar refractivity (Wildman–Crippen MR) is 108 cm³/mol. The molecule has 0 radical (unpaired) electrons. The fraction of sp³-hybridized carbons (Fsp3) is 0.444. The number of nitrogens with two attached hydrogens (primary N) is 1. The number of aromatic nitrogens is 1. The van der Waals surface area contributed by atoms with E-state index in [1.807, 2.05) is 42.2 Å². The van der Waals surface area contributed by atoms with Crippen LogP contribution in [0.3, 0.4) is 0 Å². The number of hydrogen-bond acceptors (Lipinski definition) is 4. The summed E-state index contributed by atoms with van der Waals surface area (Å²) in [6.45, 7) is 3.62. The number of aryl methyl sites for hydroxylation is 1. The third kappa shape index (κ3) is 5.68. The number of amides is 1. The highest BCUT2D eigenvalue weighted by molar-refractivity contribution is 7.09. The van der Waals surface area contributed by atoms with Crippen molar-refractivity contribution in [3.63, 3.8) is 0 Å². The van der Waals surface area contributed by atoms with E-state index < -0.39 is 0 Å². The molecule has 0 bridgehead atoms. The van der Waals surface area contributed by atoms with Gasteiger partial charge in [0.15, 0.2) is 0 Å². The van der Waals surface area contributed by atoms with Crippen molar-refractivity contribution in [3.05, 3.63) is 52.0 Å². The van der Waals surface area contributed by atoms with Crippen LogP contribution in [0.2, 0.25) is 0 Å². The van der Waals surface area contributed by atoms with Crippen molar-refractivity contribution in [3.8, 4) is 0 Å². The van der Waals surface area contributed by atoms with Crippen LogP contribution >= 0.6 is 36.2 Å². The molecule has 0 aliphatic carbocycles. The van der Waals surface area contributed by atoms with Crippen molar-refractivity contribution >= 4 is 42.1 Å². The number of hydrogen-bond donors (Lipinski definition) is 1. The number of nitrogens with zero attached hydrogens (tertiary/aromatic N) is 2. The molecule has 2 heterocycles. The molecule has 1 fully saturated rings. The minimum atomic E-state index is -0.230. The first kappa shape index (κ1) is 21.9. The molecule has 1 aromatic heterocycles. The van der Waals surface area contributed by atoms with Crippen LogP contribution in [-0.4, -0.2) is 28.9 Å². The van der Waals surface area contributed by atoms with Gasteiger partial charge in [-0.05, 0) is 25.3 Å². The van der Waals surface area contributed by atoms with Crippen molar-refractivity contribution in [1.82, 2.24) is 9.88 Å². The van der Waals surface area contributed by atoms with Crippen molar-refractivity contribution < 1.29 is 4.79 Å². The van der Waals surface area contributed by atoms with Gasteiger partial charge in [-0.15, -0.1) is 36.2 Å². The Hall–Kier alpha value is -1.14. The van der Waals surface area contributed by atoms with E-state index in [1.165, 1.54) is 0 Å². The zero-order valence-electron chi connectivity index (χ0n) is 14.3. The van der Waals surface area contributed by atoms with Gasteiger partial charge >= 0.3 is 0 Å². The Morgan fingerprint density at radius 2 is 2.08 bits per heavy atom. The fourth-order valence-electron chi connectivity index (χ4n) is 3.10. The van der Waals surface area contributed by atoms with Gasteiger partial charge in [0.05, 0.1) is 5.01 Å². The fourth-order valence-corrected chi connectivity index (χ4v) is 4.03. The molecule has 2 N–H and O–H groups in total.